The molecule has 4 aliphatic carbocycles. The van der Waals surface area contributed by atoms with E-state index < -0.39 is 0 Å². The fourth-order valence-electron chi connectivity index (χ4n) is 5.75. The van der Waals surface area contributed by atoms with Crippen LogP contribution in [0.15, 0.2) is 46.9 Å². The van der Waals surface area contributed by atoms with Gasteiger partial charge in [0.05, 0.1) is 0 Å². The second-order valence-electron chi connectivity index (χ2n) is 8.43. The highest BCUT2D eigenvalue weighted by Crippen LogP contribution is 2.55. The predicted octanol–water partition coefficient (Wildman–Crippen LogP) is 4.38. The summed E-state index contributed by atoms with van der Waals surface area (Å²) in [4.78, 5) is 12.8. The van der Waals surface area contributed by atoms with Gasteiger partial charge in [0, 0.05) is 11.1 Å². The van der Waals surface area contributed by atoms with Crippen LogP contribution < -0.4 is 5.32 Å². The molecule has 0 saturated heterocycles. The number of furan rings is 1. The molecule has 1 heterocycles. The fourth-order valence-corrected chi connectivity index (χ4v) is 5.75. The van der Waals surface area contributed by atoms with E-state index in [1.807, 2.05) is 30.3 Å². The lowest BCUT2D eigenvalue weighted by Crippen LogP contribution is -2.59. The molecule has 2 aromatic rings. The summed E-state index contributed by atoms with van der Waals surface area (Å²) in [6.07, 6.45) is 7.55. The Morgan fingerprint density at radius 2 is 1.58 bits per heavy atom. The van der Waals surface area contributed by atoms with Crippen molar-refractivity contribution in [2.24, 2.45) is 17.8 Å². The average molecular weight is 345 g/mol. The van der Waals surface area contributed by atoms with Crippen molar-refractivity contribution in [1.29, 1.82) is 0 Å². The number of carbonyl (C=O) groups excluding carboxylic acids is 1. The molecular weight excluding hydrogens is 322 g/mol. The monoisotopic (exact) mass is 345 g/mol. The van der Waals surface area contributed by atoms with Gasteiger partial charge in [0.2, 0.25) is 0 Å². The van der Waals surface area contributed by atoms with Crippen molar-refractivity contribution in [2.45, 2.75) is 44.1 Å². The van der Waals surface area contributed by atoms with Crippen LogP contribution in [0.5, 0.6) is 0 Å². The minimum absolute atomic E-state index is 0.00844. The molecule has 4 aliphatic rings. The highest BCUT2D eigenvalue weighted by Gasteiger charge is 2.51. The van der Waals surface area contributed by atoms with Crippen LogP contribution in [-0.2, 0) is 0 Å². The Kier molecular flexibility index (Phi) is 3.67. The van der Waals surface area contributed by atoms with Crippen LogP contribution in [-0.4, -0.2) is 11.4 Å². The Bertz CT molecular complexity index is 848. The van der Waals surface area contributed by atoms with Gasteiger partial charge in [-0.15, -0.1) is 0 Å². The molecule has 3 nitrogen and oxygen atoms in total. The molecule has 132 valence electrons. The van der Waals surface area contributed by atoms with Crippen LogP contribution in [0.25, 0.3) is 0 Å². The lowest BCUT2D eigenvalue weighted by Gasteiger charge is -2.56. The molecule has 0 spiro atoms. The summed E-state index contributed by atoms with van der Waals surface area (Å²) < 4.78 is 5.70. The second kappa shape index (κ2) is 6.06. The molecule has 0 aliphatic heterocycles. The number of hydrogen-bond donors (Lipinski definition) is 1. The van der Waals surface area contributed by atoms with Crippen LogP contribution in [0.4, 0.5) is 0 Å². The molecule has 1 N–H and O–H groups in total. The van der Waals surface area contributed by atoms with Gasteiger partial charge in [-0.25, -0.2) is 0 Å². The minimum atomic E-state index is -0.0836. The average Bonchev–Trinajstić information content (AvgIpc) is 3.08. The molecule has 1 aromatic carbocycles. The summed E-state index contributed by atoms with van der Waals surface area (Å²) in [5.41, 5.74) is 0.942. The Morgan fingerprint density at radius 3 is 2.23 bits per heavy atom. The van der Waals surface area contributed by atoms with E-state index in [-0.39, 0.29) is 11.4 Å². The molecule has 6 rings (SSSR count). The second-order valence-corrected chi connectivity index (χ2v) is 8.43. The summed E-state index contributed by atoms with van der Waals surface area (Å²) in [6.45, 7) is 0. The van der Waals surface area contributed by atoms with Gasteiger partial charge in [-0.3, -0.25) is 4.79 Å². The summed E-state index contributed by atoms with van der Waals surface area (Å²) in [5, 5.41) is 3.35. The predicted molar refractivity (Wildman–Crippen MR) is 99.5 cm³/mol. The molecule has 1 aromatic heterocycles. The first-order chi connectivity index (χ1) is 12.7. The molecule has 4 fully saturated rings. The van der Waals surface area contributed by atoms with E-state index in [4.69, 9.17) is 4.42 Å². The molecule has 4 bridgehead atoms. The molecule has 1 amide bonds. The topological polar surface area (TPSA) is 42.2 Å². The lowest BCUT2D eigenvalue weighted by molar-refractivity contribution is -0.0171. The number of carbonyl (C=O) groups is 1. The van der Waals surface area contributed by atoms with Gasteiger partial charge in [0.15, 0.2) is 11.5 Å². The molecule has 0 unspecified atom stereocenters. The highest BCUT2D eigenvalue weighted by atomic mass is 16.3. The van der Waals surface area contributed by atoms with Crippen molar-refractivity contribution in [1.82, 2.24) is 5.32 Å². The van der Waals surface area contributed by atoms with Crippen molar-refractivity contribution < 1.29 is 9.21 Å². The highest BCUT2D eigenvalue weighted by molar-refractivity contribution is 5.92. The van der Waals surface area contributed by atoms with Crippen molar-refractivity contribution >= 4 is 5.91 Å². The van der Waals surface area contributed by atoms with Gasteiger partial charge in [-0.1, -0.05) is 24.1 Å². The van der Waals surface area contributed by atoms with Crippen molar-refractivity contribution in [2.75, 3.05) is 0 Å². The third kappa shape index (κ3) is 2.94. The fraction of sp³-hybridized carbons (Fsp3) is 0.435. The third-order valence-electron chi connectivity index (χ3n) is 6.35. The van der Waals surface area contributed by atoms with E-state index in [0.29, 0.717) is 11.5 Å². The van der Waals surface area contributed by atoms with E-state index >= 15 is 0 Å². The first-order valence-electron chi connectivity index (χ1n) is 9.67. The van der Waals surface area contributed by atoms with Gasteiger partial charge in [0.25, 0.3) is 5.91 Å². The van der Waals surface area contributed by atoms with E-state index in [1.54, 1.807) is 12.1 Å². The molecule has 0 atom stereocenters. The largest absolute Gasteiger partial charge is 0.443 e. The summed E-state index contributed by atoms with van der Waals surface area (Å²) in [6, 6.07) is 13.3. The van der Waals surface area contributed by atoms with Crippen molar-refractivity contribution in [3.05, 3.63) is 59.5 Å². The molecular formula is C23H23NO2. The van der Waals surface area contributed by atoms with Crippen LogP contribution in [0, 0.1) is 29.6 Å². The zero-order valence-corrected chi connectivity index (χ0v) is 14.8. The molecule has 0 radical (unpaired) electrons. The first kappa shape index (κ1) is 15.8. The minimum Gasteiger partial charge on any atom is -0.443 e. The van der Waals surface area contributed by atoms with Crippen LogP contribution in [0.2, 0.25) is 0 Å². The van der Waals surface area contributed by atoms with Gasteiger partial charge in [0.1, 0.15) is 0 Å². The number of amides is 1. The quantitative estimate of drug-likeness (QED) is 0.821. The maximum Gasteiger partial charge on any atom is 0.287 e. The summed E-state index contributed by atoms with van der Waals surface area (Å²) in [7, 11) is 0. The summed E-state index contributed by atoms with van der Waals surface area (Å²) >= 11 is 0. The van der Waals surface area contributed by atoms with E-state index in [0.717, 1.165) is 42.6 Å². The number of nitrogens with one attached hydrogen (secondary N) is 1. The number of hydrogen-bond acceptors (Lipinski definition) is 2. The van der Waals surface area contributed by atoms with Gasteiger partial charge in [-0.2, -0.15) is 0 Å². The normalized spacial score (nSPS) is 31.3. The summed E-state index contributed by atoms with van der Waals surface area (Å²) in [5.74, 6) is 9.32. The Hall–Kier alpha value is -2.47. The van der Waals surface area contributed by atoms with Crippen LogP contribution in [0.1, 0.15) is 60.4 Å². The standard InChI is InChI=1S/C23H23NO2/c25-22(24-23-13-17-10-18(14-23)12-19(11-17)15-23)21-9-8-20(26-21)7-6-16-4-2-1-3-5-16/h1-5,8-9,17-19H,10-15H2,(H,24,25). The number of benzene rings is 1. The van der Waals surface area contributed by atoms with Gasteiger partial charge in [-0.05, 0) is 86.5 Å². The SMILES string of the molecule is O=C(NC12CC3CC(CC(C3)C1)C2)c1ccc(C#Cc2ccccc2)o1. The first-order valence-corrected chi connectivity index (χ1v) is 9.67. The zero-order valence-electron chi connectivity index (χ0n) is 14.8. The smallest absolute Gasteiger partial charge is 0.287 e. The van der Waals surface area contributed by atoms with Crippen LogP contribution in [0.3, 0.4) is 0 Å². The maximum absolute atomic E-state index is 12.8. The van der Waals surface area contributed by atoms with Crippen molar-refractivity contribution in [3.8, 4) is 11.8 Å². The van der Waals surface area contributed by atoms with E-state index in [9.17, 15) is 4.79 Å². The van der Waals surface area contributed by atoms with Gasteiger partial charge >= 0.3 is 0 Å². The van der Waals surface area contributed by atoms with Crippen molar-refractivity contribution in [3.63, 3.8) is 0 Å². The van der Waals surface area contributed by atoms with Crippen LogP contribution >= 0.6 is 0 Å². The third-order valence-corrected chi connectivity index (χ3v) is 6.35. The van der Waals surface area contributed by atoms with E-state index in [2.05, 4.69) is 17.2 Å². The maximum atomic E-state index is 12.8. The Morgan fingerprint density at radius 1 is 0.923 bits per heavy atom. The molecule has 3 heteroatoms. The zero-order chi connectivity index (χ0) is 17.6. The number of rotatable bonds is 2. The van der Waals surface area contributed by atoms with Gasteiger partial charge < -0.3 is 9.73 Å². The molecule has 4 saturated carbocycles. The molecule has 26 heavy (non-hydrogen) atoms. The Balaban J connectivity index is 1.30. The van der Waals surface area contributed by atoms with E-state index in [1.165, 1.54) is 19.3 Å². The Labute approximate surface area is 154 Å². The lowest BCUT2D eigenvalue weighted by atomic mass is 9.53.